The number of hydrogen-bond acceptors (Lipinski definition) is 1. The molecule has 0 spiro atoms. The second-order valence-electron chi connectivity index (χ2n) is 4.97. The minimum absolute atomic E-state index is 0.195. The summed E-state index contributed by atoms with van der Waals surface area (Å²) in [4.78, 5) is 0. The number of benzene rings is 1. The number of halogens is 1. The lowest BCUT2D eigenvalue weighted by Crippen LogP contribution is -2.17. The van der Waals surface area contributed by atoms with Crippen molar-refractivity contribution in [3.8, 4) is 0 Å². The predicted octanol–water partition coefficient (Wildman–Crippen LogP) is 3.87. The Bertz CT molecular complexity index is 526. The van der Waals surface area contributed by atoms with Crippen LogP contribution in [-0.4, -0.2) is 10.6 Å². The molecular formula is C14H19BrN2. The molecule has 0 aliphatic carbocycles. The first kappa shape index (κ1) is 12.7. The average molecular weight is 295 g/mol. The highest BCUT2D eigenvalue weighted by Crippen LogP contribution is 2.31. The van der Waals surface area contributed by atoms with Crippen LogP contribution >= 0.6 is 15.9 Å². The second-order valence-corrected chi connectivity index (χ2v) is 5.83. The number of hydrogen-bond donors (Lipinski definition) is 1. The van der Waals surface area contributed by atoms with Crippen molar-refractivity contribution >= 4 is 26.8 Å². The van der Waals surface area contributed by atoms with Gasteiger partial charge >= 0.3 is 0 Å². The lowest BCUT2D eigenvalue weighted by atomic mass is 10.1. The highest BCUT2D eigenvalue weighted by molar-refractivity contribution is 9.10. The topological polar surface area (TPSA) is 30.9 Å². The molecule has 92 valence electrons. The molecule has 0 aliphatic heterocycles. The summed E-state index contributed by atoms with van der Waals surface area (Å²) >= 11 is 3.64. The molecule has 1 aromatic heterocycles. The summed E-state index contributed by atoms with van der Waals surface area (Å²) in [6.45, 7) is 6.46. The first-order valence-electron chi connectivity index (χ1n) is 6.04. The fourth-order valence-electron chi connectivity index (χ4n) is 2.26. The Hall–Kier alpha value is -0.800. The van der Waals surface area contributed by atoms with Gasteiger partial charge in [0, 0.05) is 28.1 Å². The van der Waals surface area contributed by atoms with Crippen molar-refractivity contribution in [3.05, 3.63) is 34.4 Å². The summed E-state index contributed by atoms with van der Waals surface area (Å²) in [5, 5.41) is 1.31. The zero-order valence-corrected chi connectivity index (χ0v) is 12.2. The molecule has 0 radical (unpaired) electrons. The van der Waals surface area contributed by atoms with Gasteiger partial charge in [-0.25, -0.2) is 0 Å². The maximum Gasteiger partial charge on any atom is 0.0629 e. The summed E-state index contributed by atoms with van der Waals surface area (Å²) < 4.78 is 3.47. The number of fused-ring (bicyclic) bond motifs is 1. The molecule has 0 saturated heterocycles. The zero-order chi connectivity index (χ0) is 12.6. The molecule has 1 unspecified atom stereocenters. The monoisotopic (exact) mass is 294 g/mol. The largest absolute Gasteiger partial charge is 0.344 e. The molecule has 0 fully saturated rings. The van der Waals surface area contributed by atoms with Gasteiger partial charge in [0.15, 0.2) is 0 Å². The fourth-order valence-corrected chi connectivity index (χ4v) is 2.83. The maximum atomic E-state index is 5.92. The Labute approximate surface area is 111 Å². The number of para-hydroxylation sites is 1. The van der Waals surface area contributed by atoms with Crippen LogP contribution in [-0.2, 0) is 6.42 Å². The van der Waals surface area contributed by atoms with Crippen molar-refractivity contribution in [1.82, 2.24) is 4.57 Å². The minimum atomic E-state index is 0.195. The molecule has 0 amide bonds. The number of nitrogens with zero attached hydrogens (tertiary/aromatic N) is 1. The van der Waals surface area contributed by atoms with Crippen molar-refractivity contribution in [2.75, 3.05) is 0 Å². The molecule has 1 atom stereocenters. The van der Waals surface area contributed by atoms with Gasteiger partial charge in [-0.05, 0) is 54.8 Å². The zero-order valence-electron chi connectivity index (χ0n) is 10.6. The summed E-state index contributed by atoms with van der Waals surface area (Å²) in [5.74, 6) is 0. The van der Waals surface area contributed by atoms with E-state index in [9.17, 15) is 0 Å². The third-order valence-electron chi connectivity index (χ3n) is 2.98. The molecule has 2 aromatic rings. The van der Waals surface area contributed by atoms with E-state index in [-0.39, 0.29) is 6.04 Å². The van der Waals surface area contributed by atoms with Gasteiger partial charge in [0.25, 0.3) is 0 Å². The van der Waals surface area contributed by atoms with E-state index >= 15 is 0 Å². The molecule has 2 nitrogen and oxygen atoms in total. The van der Waals surface area contributed by atoms with Crippen molar-refractivity contribution in [3.63, 3.8) is 0 Å². The molecule has 0 aliphatic rings. The van der Waals surface area contributed by atoms with Gasteiger partial charge in [-0.15, -0.1) is 0 Å². The third-order valence-corrected chi connectivity index (χ3v) is 3.62. The Morgan fingerprint density at radius 1 is 1.29 bits per heavy atom. The van der Waals surface area contributed by atoms with Gasteiger partial charge in [-0.3, -0.25) is 0 Å². The van der Waals surface area contributed by atoms with Crippen LogP contribution in [0.5, 0.6) is 0 Å². The van der Waals surface area contributed by atoms with Gasteiger partial charge in [-0.1, -0.05) is 12.1 Å². The summed E-state index contributed by atoms with van der Waals surface area (Å²) in [7, 11) is 0. The highest BCUT2D eigenvalue weighted by Gasteiger charge is 2.13. The lowest BCUT2D eigenvalue weighted by Gasteiger charge is -2.10. The SMILES string of the molecule is CC(N)Cc1cn(C(C)C)c2c(Br)cccc12. The molecule has 3 heteroatoms. The highest BCUT2D eigenvalue weighted by atomic mass is 79.9. The minimum Gasteiger partial charge on any atom is -0.344 e. The normalized spacial score (nSPS) is 13.5. The quantitative estimate of drug-likeness (QED) is 0.915. The fraction of sp³-hybridized carbons (Fsp3) is 0.429. The van der Waals surface area contributed by atoms with Crippen LogP contribution in [0.15, 0.2) is 28.9 Å². The molecule has 2 rings (SSSR count). The van der Waals surface area contributed by atoms with E-state index < -0.39 is 0 Å². The van der Waals surface area contributed by atoms with Gasteiger partial charge in [0.2, 0.25) is 0 Å². The predicted molar refractivity (Wildman–Crippen MR) is 77.4 cm³/mol. The Kier molecular flexibility index (Phi) is 3.59. The van der Waals surface area contributed by atoms with Gasteiger partial charge in [0.1, 0.15) is 0 Å². The Morgan fingerprint density at radius 3 is 2.59 bits per heavy atom. The van der Waals surface area contributed by atoms with Crippen molar-refractivity contribution < 1.29 is 0 Å². The van der Waals surface area contributed by atoms with E-state index in [0.717, 1.165) is 10.9 Å². The number of rotatable bonds is 3. The first-order valence-corrected chi connectivity index (χ1v) is 6.83. The van der Waals surface area contributed by atoms with Crippen molar-refractivity contribution in [1.29, 1.82) is 0 Å². The Morgan fingerprint density at radius 2 is 2.00 bits per heavy atom. The Balaban J connectivity index is 2.66. The van der Waals surface area contributed by atoms with E-state index in [4.69, 9.17) is 5.73 Å². The molecule has 0 bridgehead atoms. The molecule has 1 heterocycles. The van der Waals surface area contributed by atoms with E-state index in [1.165, 1.54) is 16.5 Å². The van der Waals surface area contributed by atoms with Crippen molar-refractivity contribution in [2.45, 2.75) is 39.3 Å². The van der Waals surface area contributed by atoms with E-state index in [1.54, 1.807) is 0 Å². The molecule has 2 N–H and O–H groups in total. The van der Waals surface area contributed by atoms with Crippen LogP contribution in [0.4, 0.5) is 0 Å². The van der Waals surface area contributed by atoms with Crippen LogP contribution < -0.4 is 5.73 Å². The standard InChI is InChI=1S/C14H19BrN2/c1-9(2)17-8-11(7-10(3)16)12-5-4-6-13(15)14(12)17/h4-6,8-10H,7,16H2,1-3H3. The van der Waals surface area contributed by atoms with Crippen LogP contribution in [0.1, 0.15) is 32.4 Å². The molecular weight excluding hydrogens is 276 g/mol. The smallest absolute Gasteiger partial charge is 0.0629 e. The van der Waals surface area contributed by atoms with Crippen LogP contribution in [0.2, 0.25) is 0 Å². The first-order chi connectivity index (χ1) is 8.00. The third kappa shape index (κ3) is 2.40. The van der Waals surface area contributed by atoms with Gasteiger partial charge in [0.05, 0.1) is 5.52 Å². The van der Waals surface area contributed by atoms with Gasteiger partial charge in [-0.2, -0.15) is 0 Å². The average Bonchev–Trinajstić information content (AvgIpc) is 2.58. The van der Waals surface area contributed by atoms with E-state index in [0.29, 0.717) is 6.04 Å². The molecule has 0 saturated carbocycles. The number of nitrogens with two attached hydrogens (primary N) is 1. The van der Waals surface area contributed by atoms with Crippen LogP contribution in [0.3, 0.4) is 0 Å². The van der Waals surface area contributed by atoms with Crippen LogP contribution in [0.25, 0.3) is 10.9 Å². The van der Waals surface area contributed by atoms with E-state index in [2.05, 4.69) is 65.7 Å². The molecule has 17 heavy (non-hydrogen) atoms. The second kappa shape index (κ2) is 4.83. The summed E-state index contributed by atoms with van der Waals surface area (Å²) in [5.41, 5.74) is 8.53. The van der Waals surface area contributed by atoms with E-state index in [1.807, 2.05) is 0 Å². The summed E-state index contributed by atoms with van der Waals surface area (Å²) in [6.07, 6.45) is 3.16. The lowest BCUT2D eigenvalue weighted by molar-refractivity contribution is 0.618. The molecule has 1 aromatic carbocycles. The van der Waals surface area contributed by atoms with Crippen molar-refractivity contribution in [2.24, 2.45) is 5.73 Å². The number of aromatic nitrogens is 1. The van der Waals surface area contributed by atoms with Gasteiger partial charge < -0.3 is 10.3 Å². The maximum absolute atomic E-state index is 5.92. The summed E-state index contributed by atoms with van der Waals surface area (Å²) in [6, 6.07) is 7.01. The van der Waals surface area contributed by atoms with Crippen LogP contribution in [0, 0.1) is 0 Å².